The Hall–Kier alpha value is -1.00. The zero-order valence-corrected chi connectivity index (χ0v) is 9.13. The number of benzene rings is 1. The smallest absolute Gasteiger partial charge is 0.130 e. The molecule has 0 bridgehead atoms. The second kappa shape index (κ2) is 4.89. The second-order valence-electron chi connectivity index (χ2n) is 4.33. The van der Waals surface area contributed by atoms with Gasteiger partial charge in [-0.3, -0.25) is 4.90 Å². The van der Waals surface area contributed by atoms with Crippen LogP contribution < -0.4 is 5.73 Å². The predicted octanol–water partition coefficient (Wildman–Crippen LogP) is 1.75. The molecule has 1 aromatic carbocycles. The third-order valence-electron chi connectivity index (χ3n) is 3.15. The molecule has 1 saturated heterocycles. The molecule has 0 radical (unpaired) electrons. The van der Waals surface area contributed by atoms with Crippen LogP contribution in [0.25, 0.3) is 0 Å². The van der Waals surface area contributed by atoms with E-state index in [1.165, 1.54) is 18.2 Å². The van der Waals surface area contributed by atoms with Crippen LogP contribution in [0.2, 0.25) is 0 Å². The van der Waals surface area contributed by atoms with Gasteiger partial charge in [-0.1, -0.05) is 6.07 Å². The quantitative estimate of drug-likeness (QED) is 0.850. The normalized spacial score (nSPS) is 21.6. The van der Waals surface area contributed by atoms with E-state index in [1.54, 1.807) is 0 Å². The van der Waals surface area contributed by atoms with E-state index in [4.69, 9.17) is 5.73 Å². The predicted molar refractivity (Wildman–Crippen MR) is 58.8 cm³/mol. The molecule has 0 aliphatic carbocycles. The van der Waals surface area contributed by atoms with Crippen LogP contribution in [-0.4, -0.2) is 24.5 Å². The summed E-state index contributed by atoms with van der Waals surface area (Å²) in [7, 11) is 0. The first kappa shape index (κ1) is 11.5. The van der Waals surface area contributed by atoms with Crippen molar-refractivity contribution in [3.63, 3.8) is 0 Å². The van der Waals surface area contributed by atoms with E-state index in [2.05, 4.69) is 4.90 Å². The van der Waals surface area contributed by atoms with Gasteiger partial charge in [-0.2, -0.15) is 0 Å². The van der Waals surface area contributed by atoms with Gasteiger partial charge in [0.05, 0.1) is 0 Å². The highest BCUT2D eigenvalue weighted by atomic mass is 19.1. The monoisotopic (exact) mass is 226 g/mol. The molecule has 0 saturated carbocycles. The van der Waals surface area contributed by atoms with Crippen LogP contribution in [0.15, 0.2) is 18.2 Å². The molecule has 2 nitrogen and oxygen atoms in total. The van der Waals surface area contributed by atoms with Gasteiger partial charge in [0, 0.05) is 18.7 Å². The standard InChI is InChI=1S/C12H16F2N2/c13-11-2-1-3-12(14)10(11)8-16-5-4-9(6-15)7-16/h1-3,9H,4-8,15H2. The summed E-state index contributed by atoms with van der Waals surface area (Å²) < 4.78 is 26.8. The maximum Gasteiger partial charge on any atom is 0.130 e. The molecule has 2 rings (SSSR count). The summed E-state index contributed by atoms with van der Waals surface area (Å²) in [6.07, 6.45) is 1.02. The highest BCUT2D eigenvalue weighted by molar-refractivity contribution is 5.19. The van der Waals surface area contributed by atoms with Crippen LogP contribution in [0.1, 0.15) is 12.0 Å². The first-order chi connectivity index (χ1) is 7.70. The van der Waals surface area contributed by atoms with Gasteiger partial charge in [0.2, 0.25) is 0 Å². The maximum absolute atomic E-state index is 13.4. The zero-order valence-electron chi connectivity index (χ0n) is 9.13. The van der Waals surface area contributed by atoms with Gasteiger partial charge >= 0.3 is 0 Å². The maximum atomic E-state index is 13.4. The molecule has 1 fully saturated rings. The second-order valence-corrected chi connectivity index (χ2v) is 4.33. The highest BCUT2D eigenvalue weighted by Gasteiger charge is 2.22. The van der Waals surface area contributed by atoms with Crippen molar-refractivity contribution in [3.8, 4) is 0 Å². The Morgan fingerprint density at radius 1 is 1.31 bits per heavy atom. The summed E-state index contributed by atoms with van der Waals surface area (Å²) >= 11 is 0. The van der Waals surface area contributed by atoms with Crippen LogP contribution in [0.3, 0.4) is 0 Å². The highest BCUT2D eigenvalue weighted by Crippen LogP contribution is 2.20. The number of nitrogens with zero attached hydrogens (tertiary/aromatic N) is 1. The minimum atomic E-state index is -0.462. The first-order valence-electron chi connectivity index (χ1n) is 5.56. The van der Waals surface area contributed by atoms with Gasteiger partial charge in [0.1, 0.15) is 11.6 Å². The lowest BCUT2D eigenvalue weighted by Crippen LogP contribution is -2.23. The molecule has 1 aromatic rings. The molecular weight excluding hydrogens is 210 g/mol. The van der Waals surface area contributed by atoms with Gasteiger partial charge in [-0.15, -0.1) is 0 Å². The molecule has 88 valence electrons. The van der Waals surface area contributed by atoms with Gasteiger partial charge in [0.15, 0.2) is 0 Å². The number of rotatable bonds is 3. The van der Waals surface area contributed by atoms with E-state index in [1.807, 2.05) is 0 Å². The molecule has 16 heavy (non-hydrogen) atoms. The number of hydrogen-bond acceptors (Lipinski definition) is 2. The van der Waals surface area contributed by atoms with Gasteiger partial charge in [0.25, 0.3) is 0 Å². The number of likely N-dealkylation sites (tertiary alicyclic amines) is 1. The van der Waals surface area contributed by atoms with Gasteiger partial charge in [-0.05, 0) is 37.6 Å². The van der Waals surface area contributed by atoms with Crippen LogP contribution in [0, 0.1) is 17.6 Å². The number of halogens is 2. The molecule has 0 aromatic heterocycles. The van der Waals surface area contributed by atoms with Crippen molar-refractivity contribution in [1.29, 1.82) is 0 Å². The van der Waals surface area contributed by atoms with E-state index < -0.39 is 11.6 Å². The van der Waals surface area contributed by atoms with Crippen LogP contribution >= 0.6 is 0 Å². The van der Waals surface area contributed by atoms with E-state index in [9.17, 15) is 8.78 Å². The average Bonchev–Trinajstić information content (AvgIpc) is 2.71. The molecule has 2 N–H and O–H groups in total. The van der Waals surface area contributed by atoms with Crippen LogP contribution in [-0.2, 0) is 6.54 Å². The molecule has 1 aliphatic rings. The lowest BCUT2D eigenvalue weighted by molar-refractivity contribution is 0.306. The number of nitrogens with two attached hydrogens (primary N) is 1. The molecule has 0 spiro atoms. The van der Waals surface area contributed by atoms with Crippen LogP contribution in [0.5, 0.6) is 0 Å². The molecule has 1 heterocycles. The van der Waals surface area contributed by atoms with E-state index in [-0.39, 0.29) is 5.56 Å². The van der Waals surface area contributed by atoms with Gasteiger partial charge < -0.3 is 5.73 Å². The van der Waals surface area contributed by atoms with Gasteiger partial charge in [-0.25, -0.2) is 8.78 Å². The first-order valence-corrected chi connectivity index (χ1v) is 5.56. The molecule has 4 heteroatoms. The SMILES string of the molecule is NCC1CCN(Cc2c(F)cccc2F)C1. The minimum absolute atomic E-state index is 0.167. The lowest BCUT2D eigenvalue weighted by atomic mass is 10.1. The fraction of sp³-hybridized carbons (Fsp3) is 0.500. The number of hydrogen-bond donors (Lipinski definition) is 1. The fourth-order valence-corrected chi connectivity index (χ4v) is 2.16. The Kier molecular flexibility index (Phi) is 3.51. The molecule has 1 atom stereocenters. The minimum Gasteiger partial charge on any atom is -0.330 e. The zero-order chi connectivity index (χ0) is 11.5. The Morgan fingerprint density at radius 2 is 2.00 bits per heavy atom. The molecule has 0 amide bonds. The van der Waals surface area contributed by atoms with Crippen molar-refractivity contribution in [2.75, 3.05) is 19.6 Å². The molecular formula is C12H16F2N2. The summed E-state index contributed by atoms with van der Waals surface area (Å²) in [4.78, 5) is 2.05. The van der Waals surface area contributed by atoms with Crippen LogP contribution in [0.4, 0.5) is 8.78 Å². The summed E-state index contributed by atoms with van der Waals surface area (Å²) in [5.41, 5.74) is 5.74. The summed E-state index contributed by atoms with van der Waals surface area (Å²) in [6.45, 7) is 2.70. The van der Waals surface area contributed by atoms with E-state index >= 15 is 0 Å². The van der Waals surface area contributed by atoms with Crippen molar-refractivity contribution in [2.24, 2.45) is 11.7 Å². The summed E-state index contributed by atoms with van der Waals surface area (Å²) in [5.74, 6) is -0.456. The average molecular weight is 226 g/mol. The van der Waals surface area contributed by atoms with Crippen molar-refractivity contribution < 1.29 is 8.78 Å². The topological polar surface area (TPSA) is 29.3 Å². The van der Waals surface area contributed by atoms with Crippen molar-refractivity contribution in [1.82, 2.24) is 4.90 Å². The Morgan fingerprint density at radius 3 is 2.56 bits per heavy atom. The van der Waals surface area contributed by atoms with E-state index in [0.29, 0.717) is 19.0 Å². The third kappa shape index (κ3) is 2.39. The lowest BCUT2D eigenvalue weighted by Gasteiger charge is -2.16. The fourth-order valence-electron chi connectivity index (χ4n) is 2.16. The summed E-state index contributed by atoms with van der Waals surface area (Å²) in [6, 6.07) is 3.99. The third-order valence-corrected chi connectivity index (χ3v) is 3.15. The Balaban J connectivity index is 2.04. The molecule has 1 aliphatic heterocycles. The largest absolute Gasteiger partial charge is 0.330 e. The van der Waals surface area contributed by atoms with Crippen molar-refractivity contribution in [3.05, 3.63) is 35.4 Å². The molecule has 1 unspecified atom stereocenters. The van der Waals surface area contributed by atoms with E-state index in [0.717, 1.165) is 19.5 Å². The van der Waals surface area contributed by atoms with Crippen molar-refractivity contribution >= 4 is 0 Å². The Bertz CT molecular complexity index is 348. The van der Waals surface area contributed by atoms with Crippen molar-refractivity contribution in [2.45, 2.75) is 13.0 Å². The Labute approximate surface area is 94.0 Å². The summed E-state index contributed by atoms with van der Waals surface area (Å²) in [5, 5.41) is 0.